The Labute approximate surface area is 148 Å². The minimum atomic E-state index is -0.147. The van der Waals surface area contributed by atoms with Crippen LogP contribution in [0.2, 0.25) is 0 Å². The fourth-order valence-electron chi connectivity index (χ4n) is 3.15. The molecule has 0 aromatic heterocycles. The first-order valence-corrected chi connectivity index (χ1v) is 8.34. The van der Waals surface area contributed by atoms with Crippen LogP contribution in [0.3, 0.4) is 0 Å². The second-order valence-electron chi connectivity index (χ2n) is 7.03. The van der Waals surface area contributed by atoms with Crippen molar-refractivity contribution in [3.63, 3.8) is 0 Å². The molecule has 3 rings (SSSR count). The number of rotatable bonds is 3. The van der Waals surface area contributed by atoms with Gasteiger partial charge >= 0.3 is 0 Å². The first-order valence-electron chi connectivity index (χ1n) is 8.34. The molecule has 4 heteroatoms. The van der Waals surface area contributed by atoms with Gasteiger partial charge in [0.05, 0.1) is 0 Å². The number of carbonyl (C=O) groups excluding carboxylic acids is 2. The van der Waals surface area contributed by atoms with E-state index in [-0.39, 0.29) is 17.2 Å². The van der Waals surface area contributed by atoms with Gasteiger partial charge < -0.3 is 10.6 Å². The van der Waals surface area contributed by atoms with E-state index in [0.717, 1.165) is 28.9 Å². The zero-order chi connectivity index (χ0) is 18.0. The molecule has 4 nitrogen and oxygen atoms in total. The van der Waals surface area contributed by atoms with Crippen molar-refractivity contribution in [1.82, 2.24) is 5.32 Å². The second kappa shape index (κ2) is 6.55. The molecular weight excluding hydrogens is 312 g/mol. The van der Waals surface area contributed by atoms with Crippen molar-refractivity contribution in [3.8, 4) is 0 Å². The van der Waals surface area contributed by atoms with Crippen molar-refractivity contribution >= 4 is 23.1 Å². The third-order valence-electron chi connectivity index (χ3n) is 4.16. The molecule has 1 heterocycles. The van der Waals surface area contributed by atoms with Gasteiger partial charge in [0.1, 0.15) is 0 Å². The number of hydrogen-bond acceptors (Lipinski definition) is 3. The van der Waals surface area contributed by atoms with Crippen molar-refractivity contribution in [2.24, 2.45) is 0 Å². The van der Waals surface area contributed by atoms with Crippen LogP contribution in [0.5, 0.6) is 0 Å². The second-order valence-corrected chi connectivity index (χ2v) is 7.03. The number of allylic oxidation sites excluding steroid dienone is 1. The molecule has 1 amide bonds. The first kappa shape index (κ1) is 17.0. The highest BCUT2D eigenvalue weighted by atomic mass is 16.1. The molecule has 0 radical (unpaired) electrons. The number of ketones is 1. The van der Waals surface area contributed by atoms with Crippen LogP contribution >= 0.6 is 0 Å². The van der Waals surface area contributed by atoms with Gasteiger partial charge in [-0.3, -0.25) is 9.59 Å². The molecule has 0 saturated heterocycles. The lowest BCUT2D eigenvalue weighted by atomic mass is 9.85. The van der Waals surface area contributed by atoms with E-state index < -0.39 is 0 Å². The first-order chi connectivity index (χ1) is 11.8. The fourth-order valence-corrected chi connectivity index (χ4v) is 3.15. The quantitative estimate of drug-likeness (QED) is 0.663. The number of nitrogens with one attached hydrogen (secondary N) is 2. The van der Waals surface area contributed by atoms with Gasteiger partial charge in [0.2, 0.25) is 5.91 Å². The van der Waals surface area contributed by atoms with Crippen molar-refractivity contribution in [2.75, 3.05) is 5.32 Å². The number of carbonyl (C=O) groups is 2. The Balaban J connectivity index is 2.03. The van der Waals surface area contributed by atoms with Gasteiger partial charge in [-0.05, 0) is 38.0 Å². The number of benzene rings is 2. The topological polar surface area (TPSA) is 58.2 Å². The lowest BCUT2D eigenvalue weighted by Crippen LogP contribution is -2.43. The molecule has 0 aliphatic carbocycles. The summed E-state index contributed by atoms with van der Waals surface area (Å²) in [5, 5.41) is 6.26. The molecule has 25 heavy (non-hydrogen) atoms. The highest BCUT2D eigenvalue weighted by Gasteiger charge is 2.28. The highest BCUT2D eigenvalue weighted by Crippen LogP contribution is 2.32. The Hall–Kier alpha value is -2.88. The summed E-state index contributed by atoms with van der Waals surface area (Å²) < 4.78 is 0. The standard InChI is InChI=1S/C21H22N2O2/c1-14(24)22-17-10-9-16-13-21(2,3)23-19(18(16)11-17)12-20(25)15-7-5-4-6-8-15/h4-12,23H,13H2,1-3H3,(H,22,24)/b19-12-. The average Bonchev–Trinajstić information content (AvgIpc) is 2.55. The molecule has 1 aliphatic heterocycles. The smallest absolute Gasteiger partial charge is 0.221 e. The van der Waals surface area contributed by atoms with Crippen molar-refractivity contribution in [2.45, 2.75) is 32.7 Å². The van der Waals surface area contributed by atoms with Gasteiger partial charge in [-0.25, -0.2) is 0 Å². The normalized spacial score (nSPS) is 16.7. The van der Waals surface area contributed by atoms with E-state index in [2.05, 4.69) is 24.5 Å². The summed E-state index contributed by atoms with van der Waals surface area (Å²) in [7, 11) is 0. The van der Waals surface area contributed by atoms with Gasteiger partial charge in [0.15, 0.2) is 5.78 Å². The van der Waals surface area contributed by atoms with Gasteiger partial charge in [-0.15, -0.1) is 0 Å². The third kappa shape index (κ3) is 3.97. The van der Waals surface area contributed by atoms with Crippen LogP contribution in [0.15, 0.2) is 54.6 Å². The van der Waals surface area contributed by atoms with E-state index in [9.17, 15) is 9.59 Å². The van der Waals surface area contributed by atoms with E-state index in [1.54, 1.807) is 6.08 Å². The Kier molecular flexibility index (Phi) is 4.45. The Morgan fingerprint density at radius 3 is 2.52 bits per heavy atom. The number of anilines is 1. The van der Waals surface area contributed by atoms with Gasteiger partial charge in [0.25, 0.3) is 0 Å². The Morgan fingerprint density at radius 2 is 1.84 bits per heavy atom. The monoisotopic (exact) mass is 334 g/mol. The maximum Gasteiger partial charge on any atom is 0.221 e. The molecule has 0 bridgehead atoms. The van der Waals surface area contributed by atoms with E-state index in [1.165, 1.54) is 6.92 Å². The van der Waals surface area contributed by atoms with Crippen LogP contribution < -0.4 is 10.6 Å². The third-order valence-corrected chi connectivity index (χ3v) is 4.16. The van der Waals surface area contributed by atoms with Gasteiger partial charge in [0, 0.05) is 41.1 Å². The maximum atomic E-state index is 12.6. The number of hydrogen-bond donors (Lipinski definition) is 2. The molecule has 0 atom stereocenters. The average molecular weight is 334 g/mol. The molecule has 1 aliphatic rings. The van der Waals surface area contributed by atoms with E-state index in [4.69, 9.17) is 0 Å². The molecule has 2 N–H and O–H groups in total. The summed E-state index contributed by atoms with van der Waals surface area (Å²) in [4.78, 5) is 23.9. The van der Waals surface area contributed by atoms with Crippen LogP contribution in [0.4, 0.5) is 5.69 Å². The molecule has 2 aromatic carbocycles. The van der Waals surface area contributed by atoms with E-state index >= 15 is 0 Å². The zero-order valence-corrected chi connectivity index (χ0v) is 14.7. The van der Waals surface area contributed by atoms with Crippen molar-refractivity contribution in [3.05, 3.63) is 71.3 Å². The summed E-state index contributed by atoms with van der Waals surface area (Å²) in [5.41, 5.74) is 4.13. The zero-order valence-electron chi connectivity index (χ0n) is 14.7. The lowest BCUT2D eigenvalue weighted by molar-refractivity contribution is -0.114. The summed E-state index contributed by atoms with van der Waals surface area (Å²) in [6, 6.07) is 15.1. The molecular formula is C21H22N2O2. The van der Waals surface area contributed by atoms with Gasteiger partial charge in [-0.1, -0.05) is 36.4 Å². The van der Waals surface area contributed by atoms with E-state index in [0.29, 0.717) is 5.56 Å². The Bertz CT molecular complexity index is 851. The van der Waals surface area contributed by atoms with Crippen molar-refractivity contribution in [1.29, 1.82) is 0 Å². The number of amides is 1. The molecule has 2 aromatic rings. The molecule has 0 unspecified atom stereocenters. The van der Waals surface area contributed by atoms with Crippen LogP contribution in [-0.4, -0.2) is 17.2 Å². The van der Waals surface area contributed by atoms with Crippen molar-refractivity contribution < 1.29 is 9.59 Å². The summed E-state index contributed by atoms with van der Waals surface area (Å²) >= 11 is 0. The largest absolute Gasteiger partial charge is 0.379 e. The molecule has 128 valence electrons. The lowest BCUT2D eigenvalue weighted by Gasteiger charge is -2.36. The Morgan fingerprint density at radius 1 is 1.12 bits per heavy atom. The SMILES string of the molecule is CC(=O)Nc1ccc2c(c1)/C(=C/C(=O)c1ccccc1)NC(C)(C)C2. The molecule has 0 fully saturated rings. The summed E-state index contributed by atoms with van der Waals surface area (Å²) in [6.07, 6.45) is 2.49. The highest BCUT2D eigenvalue weighted by molar-refractivity contribution is 6.08. The van der Waals surface area contributed by atoms with Crippen LogP contribution in [0.25, 0.3) is 5.70 Å². The van der Waals surface area contributed by atoms with E-state index in [1.807, 2.05) is 48.5 Å². The minimum absolute atomic E-state index is 0.0447. The maximum absolute atomic E-state index is 12.6. The molecule has 0 spiro atoms. The summed E-state index contributed by atoms with van der Waals surface area (Å²) in [6.45, 7) is 5.70. The molecule has 0 saturated carbocycles. The predicted molar refractivity (Wildman–Crippen MR) is 100 cm³/mol. The van der Waals surface area contributed by atoms with Crippen LogP contribution in [-0.2, 0) is 11.2 Å². The number of fused-ring (bicyclic) bond motifs is 1. The fraction of sp³-hybridized carbons (Fsp3) is 0.238. The van der Waals surface area contributed by atoms with Gasteiger partial charge in [-0.2, -0.15) is 0 Å². The minimum Gasteiger partial charge on any atom is -0.379 e. The van der Waals surface area contributed by atoms with Crippen LogP contribution in [0.1, 0.15) is 42.3 Å². The summed E-state index contributed by atoms with van der Waals surface area (Å²) in [5.74, 6) is -0.161. The predicted octanol–water partition coefficient (Wildman–Crippen LogP) is 3.79. The van der Waals surface area contributed by atoms with Crippen LogP contribution in [0, 0.1) is 0 Å².